The molecule has 3 heteroatoms. The summed E-state index contributed by atoms with van der Waals surface area (Å²) >= 11 is 0. The van der Waals surface area contributed by atoms with Gasteiger partial charge in [0, 0.05) is 12.8 Å². The van der Waals surface area contributed by atoms with Gasteiger partial charge in [0.05, 0.1) is 38.7 Å². The number of nitrogens with zero attached hydrogens (tertiary/aromatic N) is 2. The Morgan fingerprint density at radius 1 is 1.12 bits per heavy atom. The van der Waals surface area contributed by atoms with Gasteiger partial charge in [0.2, 0.25) is 0 Å². The van der Waals surface area contributed by atoms with Crippen LogP contribution in [0.5, 0.6) is 0 Å². The second-order valence-corrected chi connectivity index (χ2v) is 5.44. The highest BCUT2D eigenvalue weighted by atomic mass is 79.9. The fourth-order valence-corrected chi connectivity index (χ4v) is 2.45. The van der Waals surface area contributed by atoms with Crippen LogP contribution in [0, 0.1) is 11.3 Å². The Hall–Kier alpha value is -0.850. The van der Waals surface area contributed by atoms with E-state index in [0.29, 0.717) is 0 Å². The fraction of sp³-hybridized carbons (Fsp3) is 0.500. The van der Waals surface area contributed by atoms with Crippen LogP contribution in [0.4, 0.5) is 0 Å². The minimum absolute atomic E-state index is 0. The van der Waals surface area contributed by atoms with E-state index < -0.39 is 0 Å². The van der Waals surface area contributed by atoms with Crippen molar-refractivity contribution < 1.29 is 21.5 Å². The van der Waals surface area contributed by atoms with E-state index in [1.165, 1.54) is 5.56 Å². The standard InChI is InChI=1S/C14H19N2.BrH/c1-16(2)10-8-14(12-15,9-11-16)13-6-4-3-5-7-13;/h3-7H,8-11H2,1-2H3;1H/q+1;/p-1. The summed E-state index contributed by atoms with van der Waals surface area (Å²) in [6, 6.07) is 12.8. The van der Waals surface area contributed by atoms with Crippen molar-refractivity contribution in [2.24, 2.45) is 0 Å². The Labute approximate surface area is 114 Å². The number of piperidine rings is 1. The van der Waals surface area contributed by atoms with Crippen molar-refractivity contribution in [3.63, 3.8) is 0 Å². The molecule has 0 aliphatic carbocycles. The van der Waals surface area contributed by atoms with E-state index in [1.54, 1.807) is 0 Å². The first-order valence-electron chi connectivity index (χ1n) is 5.87. The summed E-state index contributed by atoms with van der Waals surface area (Å²) in [5.41, 5.74) is 0.951. The first-order valence-corrected chi connectivity index (χ1v) is 5.87. The van der Waals surface area contributed by atoms with Crippen molar-refractivity contribution in [1.82, 2.24) is 0 Å². The predicted octanol–water partition coefficient (Wildman–Crippen LogP) is -0.678. The molecule has 0 unspecified atom stereocenters. The Kier molecular flexibility index (Phi) is 4.35. The lowest BCUT2D eigenvalue weighted by atomic mass is 9.73. The van der Waals surface area contributed by atoms with Gasteiger partial charge in [-0.25, -0.2) is 0 Å². The summed E-state index contributed by atoms with van der Waals surface area (Å²) < 4.78 is 1.04. The number of benzene rings is 1. The first-order chi connectivity index (χ1) is 7.58. The molecule has 2 nitrogen and oxygen atoms in total. The third kappa shape index (κ3) is 2.88. The third-order valence-electron chi connectivity index (χ3n) is 3.83. The molecular weight excluding hydrogens is 276 g/mol. The topological polar surface area (TPSA) is 23.8 Å². The highest BCUT2D eigenvalue weighted by Crippen LogP contribution is 2.35. The summed E-state index contributed by atoms with van der Waals surface area (Å²) in [5.74, 6) is 0. The number of rotatable bonds is 1. The van der Waals surface area contributed by atoms with Crippen molar-refractivity contribution in [3.05, 3.63) is 35.9 Å². The SMILES string of the molecule is C[N+]1(C)CCC(C#N)(c2ccccc2)CC1.[Br-]. The lowest BCUT2D eigenvalue weighted by Crippen LogP contribution is -3.00. The molecule has 2 rings (SSSR count). The van der Waals surface area contributed by atoms with Crippen LogP contribution in [0.15, 0.2) is 30.3 Å². The summed E-state index contributed by atoms with van der Waals surface area (Å²) in [6.07, 6.45) is 1.95. The van der Waals surface area contributed by atoms with E-state index in [4.69, 9.17) is 0 Å². The average Bonchev–Trinajstić information content (AvgIpc) is 2.31. The van der Waals surface area contributed by atoms with Gasteiger partial charge < -0.3 is 21.5 Å². The molecule has 0 atom stereocenters. The molecule has 0 bridgehead atoms. The molecule has 0 amide bonds. The molecule has 1 saturated heterocycles. The quantitative estimate of drug-likeness (QED) is 0.630. The second kappa shape index (κ2) is 5.20. The van der Waals surface area contributed by atoms with Crippen molar-refractivity contribution in [3.8, 4) is 6.07 Å². The molecule has 0 N–H and O–H groups in total. The molecule has 1 aliphatic heterocycles. The minimum atomic E-state index is -0.241. The number of halogens is 1. The molecule has 0 spiro atoms. The third-order valence-corrected chi connectivity index (χ3v) is 3.83. The molecule has 1 aliphatic rings. The van der Waals surface area contributed by atoms with Gasteiger partial charge in [-0.05, 0) is 5.56 Å². The van der Waals surface area contributed by atoms with E-state index in [0.717, 1.165) is 30.4 Å². The molecule has 0 saturated carbocycles. The second-order valence-electron chi connectivity index (χ2n) is 5.44. The van der Waals surface area contributed by atoms with Crippen LogP contribution in [0.25, 0.3) is 0 Å². The maximum Gasteiger partial charge on any atom is 0.0929 e. The number of hydrogen-bond acceptors (Lipinski definition) is 1. The molecule has 1 heterocycles. The number of likely N-dealkylation sites (tertiary alicyclic amines) is 1. The van der Waals surface area contributed by atoms with Crippen LogP contribution >= 0.6 is 0 Å². The van der Waals surface area contributed by atoms with Crippen LogP contribution < -0.4 is 17.0 Å². The van der Waals surface area contributed by atoms with Crippen LogP contribution in [-0.4, -0.2) is 31.7 Å². The van der Waals surface area contributed by atoms with Crippen molar-refractivity contribution >= 4 is 0 Å². The summed E-state index contributed by atoms with van der Waals surface area (Å²) in [4.78, 5) is 0. The van der Waals surface area contributed by atoms with Gasteiger partial charge in [-0.3, -0.25) is 0 Å². The summed E-state index contributed by atoms with van der Waals surface area (Å²) in [7, 11) is 4.48. The maximum absolute atomic E-state index is 9.51. The van der Waals surface area contributed by atoms with Crippen molar-refractivity contribution in [2.75, 3.05) is 27.2 Å². The van der Waals surface area contributed by atoms with Crippen LogP contribution in [-0.2, 0) is 5.41 Å². The summed E-state index contributed by atoms with van der Waals surface area (Å²) in [5, 5.41) is 9.51. The van der Waals surface area contributed by atoms with E-state index in [9.17, 15) is 5.26 Å². The van der Waals surface area contributed by atoms with Gasteiger partial charge in [0.1, 0.15) is 0 Å². The zero-order valence-corrected chi connectivity index (χ0v) is 12.1. The molecule has 0 aromatic heterocycles. The fourth-order valence-electron chi connectivity index (χ4n) is 2.45. The highest BCUT2D eigenvalue weighted by molar-refractivity contribution is 5.32. The monoisotopic (exact) mass is 294 g/mol. The Morgan fingerprint density at radius 2 is 1.65 bits per heavy atom. The molecule has 1 aromatic rings. The molecule has 1 fully saturated rings. The van der Waals surface area contributed by atoms with Crippen LogP contribution in [0.1, 0.15) is 18.4 Å². The normalized spacial score (nSPS) is 21.0. The highest BCUT2D eigenvalue weighted by Gasteiger charge is 2.40. The Bertz CT molecular complexity index is 396. The lowest BCUT2D eigenvalue weighted by Gasteiger charge is -2.41. The van der Waals surface area contributed by atoms with E-state index in [1.807, 2.05) is 18.2 Å². The van der Waals surface area contributed by atoms with Gasteiger partial charge in [-0.2, -0.15) is 5.26 Å². The van der Waals surface area contributed by atoms with Crippen molar-refractivity contribution in [1.29, 1.82) is 5.26 Å². The van der Waals surface area contributed by atoms with Gasteiger partial charge in [0.15, 0.2) is 0 Å². The van der Waals surface area contributed by atoms with Crippen molar-refractivity contribution in [2.45, 2.75) is 18.3 Å². The molecular formula is C14H19BrN2. The number of hydrogen-bond donors (Lipinski definition) is 0. The molecule has 92 valence electrons. The smallest absolute Gasteiger partial charge is 0.0929 e. The Balaban J connectivity index is 0.00000144. The average molecular weight is 295 g/mol. The lowest BCUT2D eigenvalue weighted by molar-refractivity contribution is -0.896. The number of nitriles is 1. The van der Waals surface area contributed by atoms with Gasteiger partial charge in [-0.15, -0.1) is 0 Å². The van der Waals surface area contributed by atoms with E-state index in [-0.39, 0.29) is 22.4 Å². The zero-order chi connectivity index (χ0) is 11.6. The molecule has 1 aromatic carbocycles. The van der Waals surface area contributed by atoms with Crippen LogP contribution in [0.2, 0.25) is 0 Å². The van der Waals surface area contributed by atoms with Gasteiger partial charge in [0.25, 0.3) is 0 Å². The minimum Gasteiger partial charge on any atom is -1.00 e. The van der Waals surface area contributed by atoms with E-state index in [2.05, 4.69) is 32.3 Å². The first kappa shape index (κ1) is 14.2. The molecule has 0 radical (unpaired) electrons. The predicted molar refractivity (Wildman–Crippen MR) is 64.8 cm³/mol. The Morgan fingerprint density at radius 3 is 2.12 bits per heavy atom. The largest absolute Gasteiger partial charge is 1.00 e. The van der Waals surface area contributed by atoms with E-state index >= 15 is 0 Å². The van der Waals surface area contributed by atoms with Crippen LogP contribution in [0.3, 0.4) is 0 Å². The van der Waals surface area contributed by atoms with Gasteiger partial charge >= 0.3 is 0 Å². The van der Waals surface area contributed by atoms with Gasteiger partial charge in [-0.1, -0.05) is 30.3 Å². The summed E-state index contributed by atoms with van der Waals surface area (Å²) in [6.45, 7) is 2.17. The maximum atomic E-state index is 9.51. The molecule has 17 heavy (non-hydrogen) atoms. The number of quaternary nitrogens is 1. The zero-order valence-electron chi connectivity index (χ0n) is 10.5.